The van der Waals surface area contributed by atoms with Crippen molar-refractivity contribution in [3.8, 4) is 0 Å². The standard InChI is InChI=1S/C7H11ClO3/c1-3-11-7(9)4-6(5-8)10-2/h5H,3-4H2,1-2H3/b6-5+. The Morgan fingerprint density at radius 2 is 2.27 bits per heavy atom. The summed E-state index contributed by atoms with van der Waals surface area (Å²) in [6.07, 6.45) is 0.0911. The molecule has 0 fully saturated rings. The largest absolute Gasteiger partial charge is 0.500 e. The van der Waals surface area contributed by atoms with E-state index in [0.29, 0.717) is 12.4 Å². The number of hydrogen-bond donors (Lipinski definition) is 0. The van der Waals surface area contributed by atoms with Gasteiger partial charge in [-0.1, -0.05) is 11.6 Å². The second kappa shape index (κ2) is 6.04. The number of esters is 1. The molecule has 0 aliphatic carbocycles. The summed E-state index contributed by atoms with van der Waals surface area (Å²) in [4.78, 5) is 10.8. The average molecular weight is 179 g/mol. The normalized spacial score (nSPS) is 11.0. The fourth-order valence-electron chi connectivity index (χ4n) is 0.510. The third-order valence-electron chi connectivity index (χ3n) is 1.01. The zero-order valence-corrected chi connectivity index (χ0v) is 7.35. The summed E-state index contributed by atoms with van der Waals surface area (Å²) in [6.45, 7) is 2.12. The molecule has 0 rings (SSSR count). The van der Waals surface area contributed by atoms with Gasteiger partial charge in [0.1, 0.15) is 12.2 Å². The number of ether oxygens (including phenoxy) is 2. The van der Waals surface area contributed by atoms with Gasteiger partial charge in [0.15, 0.2) is 0 Å². The van der Waals surface area contributed by atoms with Crippen molar-refractivity contribution in [2.45, 2.75) is 13.3 Å². The van der Waals surface area contributed by atoms with Crippen molar-refractivity contribution in [2.24, 2.45) is 0 Å². The third kappa shape index (κ3) is 4.67. The van der Waals surface area contributed by atoms with Crippen LogP contribution < -0.4 is 0 Å². The van der Waals surface area contributed by atoms with Crippen LogP contribution in [0.5, 0.6) is 0 Å². The topological polar surface area (TPSA) is 35.5 Å². The smallest absolute Gasteiger partial charge is 0.313 e. The number of carbonyl (C=O) groups is 1. The highest BCUT2D eigenvalue weighted by Gasteiger charge is 2.05. The van der Waals surface area contributed by atoms with Gasteiger partial charge in [-0.3, -0.25) is 4.79 Å². The van der Waals surface area contributed by atoms with Crippen molar-refractivity contribution in [1.29, 1.82) is 0 Å². The van der Waals surface area contributed by atoms with Crippen molar-refractivity contribution in [3.63, 3.8) is 0 Å². The van der Waals surface area contributed by atoms with Gasteiger partial charge in [0, 0.05) is 5.54 Å². The van der Waals surface area contributed by atoms with Gasteiger partial charge in [-0.05, 0) is 6.92 Å². The molecule has 0 saturated heterocycles. The lowest BCUT2D eigenvalue weighted by Gasteiger charge is -2.03. The van der Waals surface area contributed by atoms with Crippen molar-refractivity contribution >= 4 is 17.6 Å². The maximum absolute atomic E-state index is 10.8. The Kier molecular flexibility index (Phi) is 5.65. The summed E-state index contributed by atoms with van der Waals surface area (Å²) in [5.41, 5.74) is 1.22. The van der Waals surface area contributed by atoms with E-state index in [0.717, 1.165) is 0 Å². The molecule has 0 aromatic rings. The zero-order valence-electron chi connectivity index (χ0n) is 6.59. The number of hydrogen-bond acceptors (Lipinski definition) is 3. The lowest BCUT2D eigenvalue weighted by Crippen LogP contribution is -2.05. The van der Waals surface area contributed by atoms with Crippen LogP contribution in [0, 0.1) is 0 Å². The van der Waals surface area contributed by atoms with E-state index >= 15 is 0 Å². The van der Waals surface area contributed by atoms with E-state index in [9.17, 15) is 4.79 Å². The Balaban J connectivity index is 3.73. The molecule has 0 N–H and O–H groups in total. The average Bonchev–Trinajstić information content (AvgIpc) is 2.01. The molecule has 0 unspecified atom stereocenters. The minimum Gasteiger partial charge on any atom is -0.500 e. The van der Waals surface area contributed by atoms with E-state index in [4.69, 9.17) is 16.3 Å². The van der Waals surface area contributed by atoms with E-state index in [1.54, 1.807) is 6.92 Å². The van der Waals surface area contributed by atoms with Gasteiger partial charge in [0.25, 0.3) is 0 Å². The first-order valence-corrected chi connectivity index (χ1v) is 3.67. The SMILES string of the molecule is CCOC(=O)C/C(=C\Cl)OC. The van der Waals surface area contributed by atoms with Crippen LogP contribution in [0.25, 0.3) is 0 Å². The first kappa shape index (κ1) is 10.3. The van der Waals surface area contributed by atoms with Gasteiger partial charge >= 0.3 is 5.97 Å². The van der Waals surface area contributed by atoms with Gasteiger partial charge in [-0.2, -0.15) is 0 Å². The number of methoxy groups -OCH3 is 1. The molecular formula is C7H11ClO3. The minimum atomic E-state index is -0.332. The van der Waals surface area contributed by atoms with Crippen LogP contribution in [0.1, 0.15) is 13.3 Å². The van der Waals surface area contributed by atoms with E-state index in [1.807, 2.05) is 0 Å². The van der Waals surface area contributed by atoms with Crippen molar-refractivity contribution in [1.82, 2.24) is 0 Å². The quantitative estimate of drug-likeness (QED) is 0.485. The second-order valence-electron chi connectivity index (χ2n) is 1.76. The van der Waals surface area contributed by atoms with Gasteiger partial charge < -0.3 is 9.47 Å². The van der Waals surface area contributed by atoms with Gasteiger partial charge in [0.05, 0.1) is 13.7 Å². The lowest BCUT2D eigenvalue weighted by atomic mass is 10.4. The second-order valence-corrected chi connectivity index (χ2v) is 1.98. The molecule has 0 aromatic heterocycles. The Morgan fingerprint density at radius 1 is 1.64 bits per heavy atom. The predicted molar refractivity (Wildman–Crippen MR) is 42.2 cm³/mol. The van der Waals surface area contributed by atoms with Crippen LogP contribution in [-0.4, -0.2) is 19.7 Å². The highest BCUT2D eigenvalue weighted by atomic mass is 35.5. The Morgan fingerprint density at radius 3 is 2.64 bits per heavy atom. The van der Waals surface area contributed by atoms with Crippen LogP contribution in [0.3, 0.4) is 0 Å². The molecule has 11 heavy (non-hydrogen) atoms. The van der Waals surface area contributed by atoms with Crippen molar-refractivity contribution in [3.05, 3.63) is 11.3 Å². The molecule has 64 valence electrons. The fraction of sp³-hybridized carbons (Fsp3) is 0.571. The first-order chi connectivity index (χ1) is 5.24. The van der Waals surface area contributed by atoms with Gasteiger partial charge in [-0.15, -0.1) is 0 Å². The fourth-order valence-corrected chi connectivity index (χ4v) is 0.676. The van der Waals surface area contributed by atoms with Gasteiger partial charge in [-0.25, -0.2) is 0 Å². The van der Waals surface area contributed by atoms with Crippen LogP contribution >= 0.6 is 11.6 Å². The highest BCUT2D eigenvalue weighted by molar-refractivity contribution is 6.25. The summed E-state index contributed by atoms with van der Waals surface area (Å²) >= 11 is 5.32. The molecule has 0 aliphatic rings. The van der Waals surface area contributed by atoms with Crippen LogP contribution in [-0.2, 0) is 14.3 Å². The maximum atomic E-state index is 10.8. The number of rotatable bonds is 4. The zero-order chi connectivity index (χ0) is 8.69. The molecule has 0 spiro atoms. The molecule has 0 radical (unpaired) electrons. The predicted octanol–water partition coefficient (Wildman–Crippen LogP) is 1.67. The molecule has 0 bridgehead atoms. The highest BCUT2D eigenvalue weighted by Crippen LogP contribution is 2.04. The molecule has 0 amide bonds. The van der Waals surface area contributed by atoms with Crippen LogP contribution in [0.4, 0.5) is 0 Å². The Labute approximate surface area is 70.9 Å². The van der Waals surface area contributed by atoms with Crippen LogP contribution in [0.2, 0.25) is 0 Å². The van der Waals surface area contributed by atoms with Crippen molar-refractivity contribution in [2.75, 3.05) is 13.7 Å². The summed E-state index contributed by atoms with van der Waals surface area (Å²) in [5, 5.41) is 0. The minimum absolute atomic E-state index is 0.0911. The first-order valence-electron chi connectivity index (χ1n) is 3.23. The summed E-state index contributed by atoms with van der Waals surface area (Å²) in [7, 11) is 1.45. The number of carbonyl (C=O) groups excluding carboxylic acids is 1. The number of halogens is 1. The Bertz CT molecular complexity index is 154. The van der Waals surface area contributed by atoms with E-state index in [-0.39, 0.29) is 12.4 Å². The molecule has 0 aromatic carbocycles. The maximum Gasteiger partial charge on any atom is 0.313 e. The molecule has 3 nitrogen and oxygen atoms in total. The molecule has 0 aliphatic heterocycles. The lowest BCUT2D eigenvalue weighted by molar-refractivity contribution is -0.142. The van der Waals surface area contributed by atoms with Gasteiger partial charge in [0.2, 0.25) is 0 Å². The van der Waals surface area contributed by atoms with E-state index in [2.05, 4.69) is 4.74 Å². The van der Waals surface area contributed by atoms with E-state index < -0.39 is 0 Å². The molecule has 0 atom stereocenters. The van der Waals surface area contributed by atoms with Crippen molar-refractivity contribution < 1.29 is 14.3 Å². The van der Waals surface area contributed by atoms with Crippen LogP contribution in [0.15, 0.2) is 11.3 Å². The summed E-state index contributed by atoms with van der Waals surface area (Å²) in [6, 6.07) is 0. The van der Waals surface area contributed by atoms with E-state index in [1.165, 1.54) is 12.6 Å². The molecule has 0 heterocycles. The third-order valence-corrected chi connectivity index (χ3v) is 1.25. The molecular weight excluding hydrogens is 168 g/mol. The monoisotopic (exact) mass is 178 g/mol. The molecule has 0 saturated carbocycles. The molecule has 4 heteroatoms. The summed E-state index contributed by atoms with van der Waals surface area (Å²) < 4.78 is 9.40. The Hall–Kier alpha value is -0.700. The summed E-state index contributed by atoms with van der Waals surface area (Å²) in [5.74, 6) is 0.0753.